The molecule has 124 valence electrons. The number of piperazine rings is 1. The zero-order valence-electron chi connectivity index (χ0n) is 14.1. The highest BCUT2D eigenvalue weighted by Gasteiger charge is 2.20. The third-order valence-corrected chi connectivity index (χ3v) is 4.46. The van der Waals surface area contributed by atoms with Crippen molar-refractivity contribution in [2.24, 2.45) is 0 Å². The molecule has 24 heavy (non-hydrogen) atoms. The molecule has 3 aromatic rings. The maximum absolute atomic E-state index is 4.73. The van der Waals surface area contributed by atoms with Gasteiger partial charge in [-0.25, -0.2) is 4.98 Å². The number of anilines is 2. The predicted molar refractivity (Wildman–Crippen MR) is 93.6 cm³/mol. The van der Waals surface area contributed by atoms with Gasteiger partial charge in [0.05, 0.1) is 0 Å². The van der Waals surface area contributed by atoms with E-state index < -0.39 is 0 Å². The van der Waals surface area contributed by atoms with Crippen molar-refractivity contribution in [3.05, 3.63) is 41.9 Å². The van der Waals surface area contributed by atoms with E-state index in [1.165, 1.54) is 5.56 Å². The maximum Gasteiger partial charge on any atom is 0.178 e. The lowest BCUT2D eigenvalue weighted by Gasteiger charge is -2.36. The van der Waals surface area contributed by atoms with Gasteiger partial charge in [0.15, 0.2) is 11.5 Å². The number of hydrogen-bond donors (Lipinski definition) is 0. The molecule has 0 radical (unpaired) electrons. The van der Waals surface area contributed by atoms with Crippen LogP contribution in [0.25, 0.3) is 5.65 Å². The molecule has 0 bridgehead atoms. The Morgan fingerprint density at radius 1 is 0.958 bits per heavy atom. The van der Waals surface area contributed by atoms with Gasteiger partial charge in [0, 0.05) is 38.8 Å². The summed E-state index contributed by atoms with van der Waals surface area (Å²) in [6.07, 6.45) is 2.70. The molecule has 1 fully saturated rings. The van der Waals surface area contributed by atoms with Crippen LogP contribution in [0.5, 0.6) is 0 Å². The van der Waals surface area contributed by atoms with Gasteiger partial charge in [-0.2, -0.15) is 4.52 Å². The van der Waals surface area contributed by atoms with Crippen molar-refractivity contribution in [2.45, 2.75) is 20.3 Å². The van der Waals surface area contributed by atoms with Gasteiger partial charge in [-0.1, -0.05) is 6.92 Å². The minimum Gasteiger partial charge on any atom is -0.353 e. The summed E-state index contributed by atoms with van der Waals surface area (Å²) in [5.41, 5.74) is 2.05. The number of rotatable bonds is 3. The van der Waals surface area contributed by atoms with Crippen molar-refractivity contribution in [2.75, 3.05) is 36.0 Å². The molecule has 1 aliphatic heterocycles. The third-order valence-electron chi connectivity index (χ3n) is 4.46. The van der Waals surface area contributed by atoms with E-state index in [1.54, 1.807) is 0 Å². The summed E-state index contributed by atoms with van der Waals surface area (Å²) in [7, 11) is 0. The zero-order chi connectivity index (χ0) is 16.5. The quantitative estimate of drug-likeness (QED) is 0.731. The van der Waals surface area contributed by atoms with E-state index in [0.29, 0.717) is 0 Å². The second-order valence-electron chi connectivity index (χ2n) is 6.10. The lowest BCUT2D eigenvalue weighted by Crippen LogP contribution is -2.47. The summed E-state index contributed by atoms with van der Waals surface area (Å²) in [5.74, 6) is 2.94. The summed E-state index contributed by atoms with van der Waals surface area (Å²) in [4.78, 5) is 9.13. The molecule has 4 rings (SSSR count). The number of aromatic nitrogens is 5. The second kappa shape index (κ2) is 6.07. The second-order valence-corrected chi connectivity index (χ2v) is 6.10. The summed E-state index contributed by atoms with van der Waals surface area (Å²) >= 11 is 0. The van der Waals surface area contributed by atoms with Crippen molar-refractivity contribution >= 4 is 17.3 Å². The molecule has 0 saturated carbocycles. The van der Waals surface area contributed by atoms with Crippen LogP contribution in [0.3, 0.4) is 0 Å². The normalized spacial score (nSPS) is 15.2. The Morgan fingerprint density at radius 3 is 2.42 bits per heavy atom. The molecule has 1 aliphatic rings. The number of fused-ring (bicyclic) bond motifs is 1. The Balaban J connectivity index is 1.51. The molecule has 0 aliphatic carbocycles. The van der Waals surface area contributed by atoms with Crippen LogP contribution < -0.4 is 9.80 Å². The monoisotopic (exact) mass is 323 g/mol. The van der Waals surface area contributed by atoms with Crippen LogP contribution in [-0.4, -0.2) is 51.0 Å². The molecule has 4 heterocycles. The van der Waals surface area contributed by atoms with Crippen molar-refractivity contribution < 1.29 is 0 Å². The van der Waals surface area contributed by atoms with Gasteiger partial charge in [0.2, 0.25) is 0 Å². The molecule has 0 atom stereocenters. The lowest BCUT2D eigenvalue weighted by molar-refractivity contribution is 0.634. The maximum atomic E-state index is 4.73. The van der Waals surface area contributed by atoms with Crippen molar-refractivity contribution in [1.82, 2.24) is 24.8 Å². The predicted octanol–water partition coefficient (Wildman–Crippen LogP) is 1.72. The number of nitrogens with zero attached hydrogens (tertiary/aromatic N) is 7. The first-order valence-corrected chi connectivity index (χ1v) is 8.38. The van der Waals surface area contributed by atoms with E-state index in [-0.39, 0.29) is 0 Å². The lowest BCUT2D eigenvalue weighted by atomic mass is 10.2. The summed E-state index contributed by atoms with van der Waals surface area (Å²) in [6, 6.07) is 8.20. The summed E-state index contributed by atoms with van der Waals surface area (Å²) in [6.45, 7) is 7.91. The Labute approximate surface area is 140 Å². The Kier molecular flexibility index (Phi) is 3.76. The highest BCUT2D eigenvalue weighted by Crippen LogP contribution is 2.18. The molecule has 3 aromatic heterocycles. The van der Waals surface area contributed by atoms with Crippen LogP contribution in [0.15, 0.2) is 30.5 Å². The summed E-state index contributed by atoms with van der Waals surface area (Å²) < 4.78 is 1.85. The third kappa shape index (κ3) is 2.66. The molecule has 1 saturated heterocycles. The zero-order valence-corrected chi connectivity index (χ0v) is 14.1. The molecule has 0 amide bonds. The fourth-order valence-corrected chi connectivity index (χ4v) is 3.07. The van der Waals surface area contributed by atoms with Crippen LogP contribution in [0, 0.1) is 6.92 Å². The number of pyridine rings is 1. The van der Waals surface area contributed by atoms with Gasteiger partial charge in [-0.15, -0.1) is 15.3 Å². The molecule has 7 heteroatoms. The van der Waals surface area contributed by atoms with E-state index in [2.05, 4.69) is 44.9 Å². The van der Waals surface area contributed by atoms with Gasteiger partial charge in [0.1, 0.15) is 11.6 Å². The van der Waals surface area contributed by atoms with E-state index >= 15 is 0 Å². The van der Waals surface area contributed by atoms with E-state index in [0.717, 1.165) is 55.7 Å². The average Bonchev–Trinajstić information content (AvgIpc) is 3.04. The van der Waals surface area contributed by atoms with Crippen LogP contribution in [-0.2, 0) is 6.42 Å². The van der Waals surface area contributed by atoms with Crippen LogP contribution >= 0.6 is 0 Å². The molecular weight excluding hydrogens is 302 g/mol. The fraction of sp³-hybridized carbons (Fsp3) is 0.412. The largest absolute Gasteiger partial charge is 0.353 e. The van der Waals surface area contributed by atoms with E-state index in [1.807, 2.05) is 28.9 Å². The summed E-state index contributed by atoms with van der Waals surface area (Å²) in [5, 5.41) is 13.1. The SMILES string of the molecule is CCc1nnc2ccc(N3CCN(c4cc(C)ccn4)CC3)nn12. The molecular formula is C17H21N7. The van der Waals surface area contributed by atoms with E-state index in [9.17, 15) is 0 Å². The highest BCUT2D eigenvalue weighted by atomic mass is 15.4. The Bertz CT molecular complexity index is 849. The standard InChI is InChI=1S/C17H21N7/c1-3-14-19-20-15-4-5-16(21-24(14)15)22-8-10-23(11-9-22)17-12-13(2)6-7-18-17/h4-7,12H,3,8-11H2,1-2H3. The smallest absolute Gasteiger partial charge is 0.178 e. The Morgan fingerprint density at radius 2 is 1.71 bits per heavy atom. The molecule has 0 N–H and O–H groups in total. The Hall–Kier alpha value is -2.70. The van der Waals surface area contributed by atoms with Crippen LogP contribution in [0.2, 0.25) is 0 Å². The molecule has 0 aromatic carbocycles. The average molecular weight is 323 g/mol. The van der Waals surface area contributed by atoms with Gasteiger partial charge >= 0.3 is 0 Å². The van der Waals surface area contributed by atoms with Crippen molar-refractivity contribution in [1.29, 1.82) is 0 Å². The first-order chi connectivity index (χ1) is 11.7. The van der Waals surface area contributed by atoms with Gasteiger partial charge in [-0.3, -0.25) is 0 Å². The molecule has 7 nitrogen and oxygen atoms in total. The first kappa shape index (κ1) is 14.9. The highest BCUT2D eigenvalue weighted by molar-refractivity contribution is 5.48. The fourth-order valence-electron chi connectivity index (χ4n) is 3.07. The van der Waals surface area contributed by atoms with Gasteiger partial charge in [0.25, 0.3) is 0 Å². The van der Waals surface area contributed by atoms with Crippen LogP contribution in [0.1, 0.15) is 18.3 Å². The minimum atomic E-state index is 0.804. The van der Waals surface area contributed by atoms with Gasteiger partial charge < -0.3 is 9.80 Å². The van der Waals surface area contributed by atoms with E-state index in [4.69, 9.17) is 5.10 Å². The van der Waals surface area contributed by atoms with Gasteiger partial charge in [-0.05, 0) is 36.8 Å². The molecule has 0 spiro atoms. The van der Waals surface area contributed by atoms with Crippen molar-refractivity contribution in [3.8, 4) is 0 Å². The number of hydrogen-bond acceptors (Lipinski definition) is 6. The molecule has 0 unspecified atom stereocenters. The van der Waals surface area contributed by atoms with Crippen molar-refractivity contribution in [3.63, 3.8) is 0 Å². The topological polar surface area (TPSA) is 62.5 Å². The minimum absolute atomic E-state index is 0.804. The van der Waals surface area contributed by atoms with Crippen LogP contribution in [0.4, 0.5) is 11.6 Å². The first-order valence-electron chi connectivity index (χ1n) is 8.38. The number of aryl methyl sites for hydroxylation is 2.